The molecule has 4 rings (SSSR count). The highest BCUT2D eigenvalue weighted by atomic mass is 79.9. The molecule has 1 fully saturated rings. The van der Waals surface area contributed by atoms with Gasteiger partial charge in [0.15, 0.2) is 0 Å². The van der Waals surface area contributed by atoms with Crippen LogP contribution in [0.4, 0.5) is 5.69 Å². The Labute approximate surface area is 250 Å². The van der Waals surface area contributed by atoms with Gasteiger partial charge in [0, 0.05) is 17.1 Å². The predicted octanol–water partition coefficient (Wildman–Crippen LogP) is 5.44. The average molecular weight is 643 g/mol. The van der Waals surface area contributed by atoms with E-state index in [0.717, 1.165) is 45.6 Å². The van der Waals surface area contributed by atoms with Crippen molar-refractivity contribution in [3.63, 3.8) is 0 Å². The maximum atomic E-state index is 14.0. The molecule has 1 atom stereocenters. The van der Waals surface area contributed by atoms with Crippen LogP contribution in [0.1, 0.15) is 43.7 Å². The molecule has 41 heavy (non-hydrogen) atoms. The lowest BCUT2D eigenvalue weighted by Crippen LogP contribution is -2.52. The molecule has 0 bridgehead atoms. The van der Waals surface area contributed by atoms with Gasteiger partial charge in [-0.1, -0.05) is 58.6 Å². The molecule has 0 radical (unpaired) electrons. The minimum atomic E-state index is -4.11. The average Bonchev–Trinajstić information content (AvgIpc) is 3.48. The van der Waals surface area contributed by atoms with Crippen molar-refractivity contribution in [1.82, 2.24) is 10.2 Å². The molecule has 3 aromatic rings. The molecule has 1 aliphatic carbocycles. The lowest BCUT2D eigenvalue weighted by Gasteiger charge is -2.32. The molecule has 1 aliphatic rings. The second-order valence-corrected chi connectivity index (χ2v) is 13.1. The van der Waals surface area contributed by atoms with Crippen LogP contribution < -0.4 is 14.4 Å². The van der Waals surface area contributed by atoms with Gasteiger partial charge >= 0.3 is 0 Å². The number of rotatable bonds is 11. The summed E-state index contributed by atoms with van der Waals surface area (Å²) >= 11 is 3.39. The number of hydrogen-bond acceptors (Lipinski definition) is 5. The first kappa shape index (κ1) is 30.6. The summed E-state index contributed by atoms with van der Waals surface area (Å²) < 4.78 is 34.9. The number of anilines is 1. The monoisotopic (exact) mass is 641 g/mol. The van der Waals surface area contributed by atoms with E-state index in [-0.39, 0.29) is 23.4 Å². The molecule has 1 saturated carbocycles. The molecule has 1 unspecified atom stereocenters. The first-order chi connectivity index (χ1) is 19.6. The Hall–Kier alpha value is -3.37. The van der Waals surface area contributed by atoms with E-state index in [9.17, 15) is 18.0 Å². The summed E-state index contributed by atoms with van der Waals surface area (Å²) in [6.45, 7) is 3.21. The minimum Gasteiger partial charge on any atom is -0.497 e. The van der Waals surface area contributed by atoms with Crippen molar-refractivity contribution in [2.75, 3.05) is 18.0 Å². The second-order valence-electron chi connectivity index (χ2n) is 10.3. The lowest BCUT2D eigenvalue weighted by molar-refractivity contribution is -0.139. The van der Waals surface area contributed by atoms with Crippen LogP contribution in [0.3, 0.4) is 0 Å². The van der Waals surface area contributed by atoms with Gasteiger partial charge in [-0.3, -0.25) is 13.9 Å². The van der Waals surface area contributed by atoms with E-state index in [1.165, 1.54) is 17.0 Å². The summed E-state index contributed by atoms with van der Waals surface area (Å²) in [6.07, 6.45) is 3.95. The highest BCUT2D eigenvalue weighted by Crippen LogP contribution is 2.27. The molecule has 8 nitrogen and oxygen atoms in total. The summed E-state index contributed by atoms with van der Waals surface area (Å²) in [4.78, 5) is 28.9. The Bertz CT molecular complexity index is 1440. The van der Waals surface area contributed by atoms with Crippen LogP contribution in [0, 0.1) is 6.92 Å². The van der Waals surface area contributed by atoms with E-state index < -0.39 is 28.5 Å². The molecular formula is C31H36BrN3O5S. The van der Waals surface area contributed by atoms with Crippen molar-refractivity contribution in [1.29, 1.82) is 0 Å². The zero-order chi connectivity index (χ0) is 29.6. The van der Waals surface area contributed by atoms with E-state index in [1.807, 2.05) is 19.1 Å². The normalized spacial score (nSPS) is 14.3. The molecule has 2 amide bonds. The Morgan fingerprint density at radius 3 is 2.17 bits per heavy atom. The van der Waals surface area contributed by atoms with Gasteiger partial charge in [0.05, 0.1) is 17.7 Å². The molecule has 10 heteroatoms. The van der Waals surface area contributed by atoms with Crippen LogP contribution in [-0.4, -0.2) is 50.9 Å². The molecule has 0 heterocycles. The fraction of sp³-hybridized carbons (Fsp3) is 0.355. The van der Waals surface area contributed by atoms with E-state index >= 15 is 0 Å². The highest BCUT2D eigenvalue weighted by molar-refractivity contribution is 9.10. The number of carbonyl (C=O) groups excluding carboxylic acids is 2. The predicted molar refractivity (Wildman–Crippen MR) is 163 cm³/mol. The number of halogens is 1. The van der Waals surface area contributed by atoms with Gasteiger partial charge in [-0.15, -0.1) is 0 Å². The van der Waals surface area contributed by atoms with Crippen LogP contribution in [-0.2, 0) is 26.2 Å². The van der Waals surface area contributed by atoms with Crippen molar-refractivity contribution >= 4 is 43.5 Å². The van der Waals surface area contributed by atoms with Crippen LogP contribution in [0.2, 0.25) is 0 Å². The Kier molecular flexibility index (Phi) is 10.1. The maximum absolute atomic E-state index is 14.0. The number of sulfonamides is 1. The van der Waals surface area contributed by atoms with Crippen molar-refractivity contribution in [3.05, 3.63) is 88.4 Å². The zero-order valence-corrected chi connectivity index (χ0v) is 25.9. The summed E-state index contributed by atoms with van der Waals surface area (Å²) in [5.41, 5.74) is 2.05. The SMILES string of the molecule is COc1ccc(CN(C(=O)CN(c2ccc(Br)cc2)S(=O)(=O)c2ccc(C)cc2)C(C)C(=O)NC2CCCC2)cc1. The quantitative estimate of drug-likeness (QED) is 0.301. The Balaban J connectivity index is 1.67. The number of nitrogens with one attached hydrogen (secondary N) is 1. The van der Waals surface area contributed by atoms with E-state index in [0.29, 0.717) is 11.4 Å². The summed E-state index contributed by atoms with van der Waals surface area (Å²) in [7, 11) is -2.53. The highest BCUT2D eigenvalue weighted by Gasteiger charge is 2.33. The van der Waals surface area contributed by atoms with Crippen molar-refractivity contribution in [3.8, 4) is 5.75 Å². The standard InChI is InChI=1S/C31H36BrN3O5S/c1-22-8-18-29(19-9-22)41(38,39)35(27-14-12-25(32)13-15-27)21-30(36)34(20-24-10-16-28(40-3)17-11-24)23(2)31(37)33-26-6-4-5-7-26/h8-19,23,26H,4-7,20-21H2,1-3H3,(H,33,37). The summed E-state index contributed by atoms with van der Waals surface area (Å²) in [6, 6.07) is 19.8. The van der Waals surface area contributed by atoms with Crippen LogP contribution in [0.25, 0.3) is 0 Å². The number of carbonyl (C=O) groups is 2. The molecule has 0 aromatic heterocycles. The minimum absolute atomic E-state index is 0.0764. The van der Waals surface area contributed by atoms with E-state index in [1.54, 1.807) is 62.6 Å². The third kappa shape index (κ3) is 7.68. The van der Waals surface area contributed by atoms with Crippen molar-refractivity contribution in [2.24, 2.45) is 0 Å². The molecular weight excluding hydrogens is 606 g/mol. The number of methoxy groups -OCH3 is 1. The third-order valence-corrected chi connectivity index (χ3v) is 9.70. The number of ether oxygens (including phenoxy) is 1. The lowest BCUT2D eigenvalue weighted by atomic mass is 10.1. The van der Waals surface area contributed by atoms with Crippen LogP contribution in [0.15, 0.2) is 82.2 Å². The maximum Gasteiger partial charge on any atom is 0.264 e. The fourth-order valence-corrected chi connectivity index (χ4v) is 6.55. The Morgan fingerprint density at radius 1 is 0.976 bits per heavy atom. The number of aryl methyl sites for hydroxylation is 1. The molecule has 0 spiro atoms. The zero-order valence-electron chi connectivity index (χ0n) is 23.5. The molecule has 218 valence electrons. The number of benzene rings is 3. The van der Waals surface area contributed by atoms with Crippen LogP contribution >= 0.6 is 15.9 Å². The smallest absolute Gasteiger partial charge is 0.264 e. The summed E-state index contributed by atoms with van der Waals surface area (Å²) in [5.74, 6) is -0.0758. The van der Waals surface area contributed by atoms with Gasteiger partial charge in [-0.2, -0.15) is 0 Å². The van der Waals surface area contributed by atoms with Gasteiger partial charge in [-0.05, 0) is 80.8 Å². The van der Waals surface area contributed by atoms with Gasteiger partial charge in [0.1, 0.15) is 18.3 Å². The van der Waals surface area contributed by atoms with Crippen molar-refractivity contribution in [2.45, 2.75) is 63.1 Å². The van der Waals surface area contributed by atoms with Gasteiger partial charge < -0.3 is 15.0 Å². The van der Waals surface area contributed by atoms with Gasteiger partial charge in [0.2, 0.25) is 11.8 Å². The van der Waals surface area contributed by atoms with E-state index in [4.69, 9.17) is 4.74 Å². The molecule has 0 saturated heterocycles. The Morgan fingerprint density at radius 2 is 1.59 bits per heavy atom. The number of amides is 2. The molecule has 1 N–H and O–H groups in total. The number of nitrogens with zero attached hydrogens (tertiary/aromatic N) is 2. The van der Waals surface area contributed by atoms with Gasteiger partial charge in [0.25, 0.3) is 10.0 Å². The van der Waals surface area contributed by atoms with Crippen LogP contribution in [0.5, 0.6) is 5.75 Å². The second kappa shape index (κ2) is 13.5. The largest absolute Gasteiger partial charge is 0.497 e. The third-order valence-electron chi connectivity index (χ3n) is 7.38. The van der Waals surface area contributed by atoms with Crippen molar-refractivity contribution < 1.29 is 22.7 Å². The topological polar surface area (TPSA) is 96.0 Å². The first-order valence-corrected chi connectivity index (χ1v) is 15.9. The van der Waals surface area contributed by atoms with E-state index in [2.05, 4.69) is 21.2 Å². The summed E-state index contributed by atoms with van der Waals surface area (Å²) in [5, 5.41) is 3.08. The molecule has 3 aromatic carbocycles. The van der Waals surface area contributed by atoms with Gasteiger partial charge in [-0.25, -0.2) is 8.42 Å². The first-order valence-electron chi connectivity index (χ1n) is 13.7. The number of hydrogen-bond donors (Lipinski definition) is 1. The fourth-order valence-electron chi connectivity index (χ4n) is 4.88. The molecule has 0 aliphatic heterocycles.